The minimum atomic E-state index is -4.43. The van der Waals surface area contributed by atoms with Crippen LogP contribution in [0.1, 0.15) is 25.8 Å². The van der Waals surface area contributed by atoms with Gasteiger partial charge in [-0.15, -0.1) is 0 Å². The fraction of sp³-hybridized carbons (Fsp3) is 0.462. The van der Waals surface area contributed by atoms with Crippen molar-refractivity contribution < 1.29 is 18.0 Å². The van der Waals surface area contributed by atoms with Gasteiger partial charge in [-0.1, -0.05) is 44.2 Å². The van der Waals surface area contributed by atoms with Gasteiger partial charge in [0.15, 0.2) is 0 Å². The first-order chi connectivity index (χ1) is 7.71. The average Bonchev–Trinajstić information content (AvgIpc) is 2.15. The number of benzene rings is 1. The summed E-state index contributed by atoms with van der Waals surface area (Å²) in [6, 6.07) is 9.05. The van der Waals surface area contributed by atoms with Crippen molar-refractivity contribution in [2.75, 3.05) is 0 Å². The molecule has 0 amide bonds. The van der Waals surface area contributed by atoms with E-state index in [0.29, 0.717) is 6.42 Å². The molecule has 0 atom stereocenters. The molecule has 1 aromatic rings. The van der Waals surface area contributed by atoms with Crippen LogP contribution in [0.25, 0.3) is 0 Å². The Morgan fingerprint density at radius 3 is 2.12 bits per heavy atom. The van der Waals surface area contributed by atoms with E-state index >= 15 is 0 Å². The lowest BCUT2D eigenvalue weighted by atomic mass is 9.80. The van der Waals surface area contributed by atoms with Gasteiger partial charge in [-0.3, -0.25) is 4.79 Å². The molecular formula is C13H15F3O. The monoisotopic (exact) mass is 244 g/mol. The van der Waals surface area contributed by atoms with E-state index in [1.807, 2.05) is 18.2 Å². The van der Waals surface area contributed by atoms with Gasteiger partial charge in [0.2, 0.25) is 0 Å². The maximum absolute atomic E-state index is 12.2. The number of ketones is 1. The molecule has 0 bridgehead atoms. The van der Waals surface area contributed by atoms with Crippen LogP contribution in [0.2, 0.25) is 0 Å². The number of hydrogen-bond acceptors (Lipinski definition) is 1. The Bertz CT molecular complexity index is 379. The third kappa shape index (κ3) is 4.59. The third-order valence-electron chi connectivity index (χ3n) is 2.60. The van der Waals surface area contributed by atoms with Crippen molar-refractivity contribution in [1.82, 2.24) is 0 Å². The number of Topliss-reactive ketones (excluding diaryl/α,β-unsaturated/α-hetero) is 1. The van der Waals surface area contributed by atoms with Gasteiger partial charge in [-0.05, 0) is 12.0 Å². The van der Waals surface area contributed by atoms with Gasteiger partial charge < -0.3 is 0 Å². The second kappa shape index (κ2) is 4.90. The minimum Gasteiger partial charge on any atom is -0.299 e. The van der Waals surface area contributed by atoms with Crippen molar-refractivity contribution in [3.8, 4) is 0 Å². The van der Waals surface area contributed by atoms with Crippen molar-refractivity contribution in [3.05, 3.63) is 35.9 Å². The number of halogens is 3. The van der Waals surface area contributed by atoms with Gasteiger partial charge in [0.05, 0.1) is 0 Å². The molecule has 94 valence electrons. The molecule has 1 nitrogen and oxygen atoms in total. The first-order valence-electron chi connectivity index (χ1n) is 5.35. The van der Waals surface area contributed by atoms with Crippen LogP contribution in [0, 0.1) is 5.41 Å². The highest BCUT2D eigenvalue weighted by Crippen LogP contribution is 2.30. The van der Waals surface area contributed by atoms with E-state index in [4.69, 9.17) is 0 Å². The summed E-state index contributed by atoms with van der Waals surface area (Å²) >= 11 is 0. The lowest BCUT2D eigenvalue weighted by molar-refractivity contribution is -0.158. The Morgan fingerprint density at radius 1 is 1.12 bits per heavy atom. The van der Waals surface area contributed by atoms with Gasteiger partial charge in [0.25, 0.3) is 0 Å². The maximum Gasteiger partial charge on any atom is 0.395 e. The smallest absolute Gasteiger partial charge is 0.299 e. The summed E-state index contributed by atoms with van der Waals surface area (Å²) in [6.07, 6.45) is -5.46. The van der Waals surface area contributed by atoms with Crippen LogP contribution in [0.15, 0.2) is 30.3 Å². The highest BCUT2D eigenvalue weighted by atomic mass is 19.4. The molecule has 0 aliphatic carbocycles. The van der Waals surface area contributed by atoms with Crippen molar-refractivity contribution in [1.29, 1.82) is 0 Å². The molecule has 0 saturated heterocycles. The largest absolute Gasteiger partial charge is 0.395 e. The van der Waals surface area contributed by atoms with Crippen LogP contribution in [-0.4, -0.2) is 12.0 Å². The first kappa shape index (κ1) is 13.7. The van der Waals surface area contributed by atoms with E-state index in [9.17, 15) is 18.0 Å². The summed E-state index contributed by atoms with van der Waals surface area (Å²) in [5.74, 6) is -0.770. The minimum absolute atomic E-state index is 0.322. The zero-order valence-electron chi connectivity index (χ0n) is 9.84. The second-order valence-corrected chi connectivity index (χ2v) is 4.76. The Kier molecular flexibility index (Phi) is 3.96. The lowest BCUT2D eigenvalue weighted by Crippen LogP contribution is -2.31. The van der Waals surface area contributed by atoms with Crippen LogP contribution in [0.4, 0.5) is 13.2 Å². The fourth-order valence-corrected chi connectivity index (χ4v) is 1.63. The Balaban J connectivity index is 2.72. The predicted octanol–water partition coefficient (Wildman–Crippen LogP) is 3.78. The zero-order valence-corrected chi connectivity index (χ0v) is 9.84. The summed E-state index contributed by atoms with van der Waals surface area (Å²) in [5, 5.41) is 0. The van der Waals surface area contributed by atoms with Gasteiger partial charge >= 0.3 is 6.18 Å². The molecule has 0 radical (unpaired) electrons. The molecule has 0 saturated carbocycles. The Morgan fingerprint density at radius 2 is 1.65 bits per heavy atom. The summed E-state index contributed by atoms with van der Waals surface area (Å²) in [4.78, 5) is 11.6. The van der Waals surface area contributed by atoms with E-state index < -0.39 is 23.8 Å². The molecule has 1 rings (SSSR count). The Hall–Kier alpha value is -1.32. The molecular weight excluding hydrogens is 229 g/mol. The van der Waals surface area contributed by atoms with E-state index in [0.717, 1.165) is 5.56 Å². The maximum atomic E-state index is 12.2. The molecule has 0 N–H and O–H groups in total. The first-order valence-corrected chi connectivity index (χ1v) is 5.35. The second-order valence-electron chi connectivity index (χ2n) is 4.76. The molecule has 0 spiro atoms. The van der Waals surface area contributed by atoms with Crippen molar-refractivity contribution in [3.63, 3.8) is 0 Å². The third-order valence-corrected chi connectivity index (χ3v) is 2.60. The molecule has 0 unspecified atom stereocenters. The summed E-state index contributed by atoms with van der Waals surface area (Å²) in [7, 11) is 0. The van der Waals surface area contributed by atoms with Crippen LogP contribution < -0.4 is 0 Å². The number of carbonyl (C=O) groups excluding carboxylic acids is 1. The topological polar surface area (TPSA) is 17.1 Å². The van der Waals surface area contributed by atoms with Gasteiger partial charge in [0, 0.05) is 5.41 Å². The standard InChI is InChI=1S/C13H15F3O/c1-12(2,11(17)9-13(14,15)16)8-10-6-4-3-5-7-10/h3-7H,8-9H2,1-2H3. The summed E-state index contributed by atoms with van der Waals surface area (Å²) in [6.45, 7) is 3.10. The number of carbonyl (C=O) groups is 1. The molecule has 0 aromatic heterocycles. The fourth-order valence-electron chi connectivity index (χ4n) is 1.63. The average molecular weight is 244 g/mol. The van der Waals surface area contributed by atoms with E-state index in [2.05, 4.69) is 0 Å². The van der Waals surface area contributed by atoms with E-state index in [1.165, 1.54) is 0 Å². The normalized spacial score (nSPS) is 12.5. The van der Waals surface area contributed by atoms with E-state index in [-0.39, 0.29) is 0 Å². The number of hydrogen-bond donors (Lipinski definition) is 0. The summed E-state index contributed by atoms with van der Waals surface area (Å²) < 4.78 is 36.5. The zero-order chi connectivity index (χ0) is 13.1. The molecule has 4 heteroatoms. The molecule has 0 fully saturated rings. The summed E-state index contributed by atoms with van der Waals surface area (Å²) in [5.41, 5.74) is -0.121. The predicted molar refractivity (Wildman–Crippen MR) is 59.6 cm³/mol. The molecule has 17 heavy (non-hydrogen) atoms. The number of alkyl halides is 3. The number of rotatable bonds is 4. The van der Waals surface area contributed by atoms with Crippen LogP contribution in [-0.2, 0) is 11.2 Å². The highest BCUT2D eigenvalue weighted by molar-refractivity contribution is 5.84. The van der Waals surface area contributed by atoms with Crippen molar-refractivity contribution in [2.24, 2.45) is 5.41 Å². The van der Waals surface area contributed by atoms with Crippen LogP contribution in [0.5, 0.6) is 0 Å². The molecule has 0 aliphatic heterocycles. The lowest BCUT2D eigenvalue weighted by Gasteiger charge is -2.23. The van der Waals surface area contributed by atoms with Gasteiger partial charge in [-0.2, -0.15) is 13.2 Å². The van der Waals surface area contributed by atoms with Crippen molar-refractivity contribution in [2.45, 2.75) is 32.9 Å². The van der Waals surface area contributed by atoms with Gasteiger partial charge in [0.1, 0.15) is 12.2 Å². The van der Waals surface area contributed by atoms with Crippen LogP contribution >= 0.6 is 0 Å². The molecule has 0 aliphatic rings. The molecule has 0 heterocycles. The molecule has 1 aromatic carbocycles. The van der Waals surface area contributed by atoms with Crippen LogP contribution in [0.3, 0.4) is 0 Å². The quantitative estimate of drug-likeness (QED) is 0.787. The highest BCUT2D eigenvalue weighted by Gasteiger charge is 2.38. The van der Waals surface area contributed by atoms with Gasteiger partial charge in [-0.25, -0.2) is 0 Å². The van der Waals surface area contributed by atoms with Crippen molar-refractivity contribution >= 4 is 5.78 Å². The Labute approximate surface area is 98.6 Å². The SMILES string of the molecule is CC(C)(Cc1ccccc1)C(=O)CC(F)(F)F. The van der Waals surface area contributed by atoms with E-state index in [1.54, 1.807) is 26.0 Å².